The largest absolute Gasteiger partial charge is 0.437 e. The van der Waals surface area contributed by atoms with Gasteiger partial charge in [0.2, 0.25) is 5.82 Å². The fourth-order valence-corrected chi connectivity index (χ4v) is 1.46. The van der Waals surface area contributed by atoms with Gasteiger partial charge in [-0.1, -0.05) is 16.8 Å². The van der Waals surface area contributed by atoms with E-state index < -0.39 is 12.2 Å². The van der Waals surface area contributed by atoms with Crippen LogP contribution in [0.4, 0.5) is 4.79 Å². The van der Waals surface area contributed by atoms with Crippen LogP contribution < -0.4 is 5.73 Å². The Morgan fingerprint density at radius 2 is 2.39 bits per heavy atom. The SMILES string of the molecule is CC(OC(N)=O)c1nc(-c2ccnc(Cl)c2)no1. The van der Waals surface area contributed by atoms with Gasteiger partial charge in [-0.3, -0.25) is 0 Å². The minimum Gasteiger partial charge on any atom is -0.437 e. The van der Waals surface area contributed by atoms with Crippen molar-refractivity contribution in [1.82, 2.24) is 15.1 Å². The standard InChI is InChI=1S/C10H9ClN4O3/c1-5(17-10(12)16)9-14-8(15-18-9)6-2-3-13-7(11)4-6/h2-5H,1H3,(H2,12,16). The van der Waals surface area contributed by atoms with Gasteiger partial charge in [0.1, 0.15) is 5.15 Å². The summed E-state index contributed by atoms with van der Waals surface area (Å²) >= 11 is 5.75. The third-order valence-electron chi connectivity index (χ3n) is 2.07. The number of hydrogen-bond acceptors (Lipinski definition) is 6. The van der Waals surface area contributed by atoms with Crippen LogP contribution in [0.5, 0.6) is 0 Å². The molecule has 0 aliphatic heterocycles. The molecule has 8 heteroatoms. The average Bonchev–Trinajstić information content (AvgIpc) is 2.77. The van der Waals surface area contributed by atoms with Crippen molar-refractivity contribution in [3.05, 3.63) is 29.4 Å². The molecule has 0 aliphatic rings. The average molecular weight is 269 g/mol. The number of pyridine rings is 1. The summed E-state index contributed by atoms with van der Waals surface area (Å²) in [6.45, 7) is 1.57. The summed E-state index contributed by atoms with van der Waals surface area (Å²) in [6.07, 6.45) is -0.0907. The molecule has 2 heterocycles. The zero-order chi connectivity index (χ0) is 13.1. The number of ether oxygens (including phenoxy) is 1. The molecule has 2 rings (SSSR count). The van der Waals surface area contributed by atoms with Crippen LogP contribution in [0, 0.1) is 0 Å². The Hall–Kier alpha value is -2.15. The van der Waals surface area contributed by atoms with Crippen LogP contribution in [0.1, 0.15) is 18.9 Å². The van der Waals surface area contributed by atoms with Crippen molar-refractivity contribution >= 4 is 17.7 Å². The van der Waals surface area contributed by atoms with E-state index in [0.29, 0.717) is 16.5 Å². The van der Waals surface area contributed by atoms with Gasteiger partial charge in [0.25, 0.3) is 5.89 Å². The Bertz CT molecular complexity index is 572. The summed E-state index contributed by atoms with van der Waals surface area (Å²) in [6, 6.07) is 3.27. The summed E-state index contributed by atoms with van der Waals surface area (Å²) < 4.78 is 9.68. The highest BCUT2D eigenvalue weighted by molar-refractivity contribution is 6.29. The van der Waals surface area contributed by atoms with Crippen molar-refractivity contribution in [1.29, 1.82) is 0 Å². The smallest absolute Gasteiger partial charge is 0.405 e. The molecule has 1 amide bonds. The number of amides is 1. The molecule has 0 fully saturated rings. The minimum atomic E-state index is -0.908. The van der Waals surface area contributed by atoms with Crippen LogP contribution in [0.2, 0.25) is 5.15 Å². The Morgan fingerprint density at radius 3 is 3.06 bits per heavy atom. The lowest BCUT2D eigenvalue weighted by Crippen LogP contribution is -2.15. The Labute approximate surface area is 107 Å². The second-order valence-corrected chi connectivity index (χ2v) is 3.79. The molecule has 0 saturated heterocycles. The van der Waals surface area contributed by atoms with Crippen LogP contribution in [0.3, 0.4) is 0 Å². The van der Waals surface area contributed by atoms with Crippen molar-refractivity contribution in [2.45, 2.75) is 13.0 Å². The van der Waals surface area contributed by atoms with Crippen molar-refractivity contribution in [3.63, 3.8) is 0 Å². The summed E-state index contributed by atoms with van der Waals surface area (Å²) in [4.78, 5) is 18.5. The van der Waals surface area contributed by atoms with Gasteiger partial charge in [-0.25, -0.2) is 9.78 Å². The van der Waals surface area contributed by atoms with Gasteiger partial charge in [0, 0.05) is 11.8 Å². The number of carbonyl (C=O) groups excluding carboxylic acids is 1. The molecule has 2 N–H and O–H groups in total. The predicted octanol–water partition coefficient (Wildman–Crippen LogP) is 1.94. The Morgan fingerprint density at radius 1 is 1.61 bits per heavy atom. The van der Waals surface area contributed by atoms with Crippen LogP contribution in [-0.4, -0.2) is 21.2 Å². The molecule has 0 bridgehead atoms. The normalized spacial score (nSPS) is 12.1. The lowest BCUT2D eigenvalue weighted by atomic mass is 10.2. The highest BCUT2D eigenvalue weighted by Crippen LogP contribution is 2.21. The quantitative estimate of drug-likeness (QED) is 0.853. The maximum Gasteiger partial charge on any atom is 0.405 e. The molecular formula is C10H9ClN4O3. The number of rotatable bonds is 3. The fourth-order valence-electron chi connectivity index (χ4n) is 1.28. The summed E-state index contributed by atoms with van der Waals surface area (Å²) in [5.41, 5.74) is 5.54. The third kappa shape index (κ3) is 2.75. The van der Waals surface area contributed by atoms with Crippen molar-refractivity contribution in [2.75, 3.05) is 0 Å². The van der Waals surface area contributed by atoms with Gasteiger partial charge in [-0.15, -0.1) is 0 Å². The molecule has 0 radical (unpaired) electrons. The van der Waals surface area contributed by atoms with E-state index in [1.807, 2.05) is 0 Å². The summed E-state index contributed by atoms with van der Waals surface area (Å²) in [7, 11) is 0. The minimum absolute atomic E-state index is 0.150. The lowest BCUT2D eigenvalue weighted by Gasteiger charge is -2.04. The van der Waals surface area contributed by atoms with E-state index in [0.717, 1.165) is 0 Å². The Balaban J connectivity index is 2.22. The molecule has 7 nitrogen and oxygen atoms in total. The molecule has 0 aromatic carbocycles. The van der Waals surface area contributed by atoms with Gasteiger partial charge in [-0.2, -0.15) is 4.98 Å². The number of halogens is 1. The number of aromatic nitrogens is 3. The first-order valence-electron chi connectivity index (χ1n) is 4.98. The molecule has 0 saturated carbocycles. The number of nitrogens with two attached hydrogens (primary N) is 1. The zero-order valence-electron chi connectivity index (χ0n) is 9.33. The van der Waals surface area contributed by atoms with E-state index in [4.69, 9.17) is 26.6 Å². The second-order valence-electron chi connectivity index (χ2n) is 3.40. The summed E-state index contributed by atoms with van der Waals surface area (Å²) in [5.74, 6) is 0.478. The number of primary amides is 1. The molecule has 2 aromatic heterocycles. The van der Waals surface area contributed by atoms with Crippen molar-refractivity contribution in [2.24, 2.45) is 5.73 Å². The van der Waals surface area contributed by atoms with Gasteiger partial charge in [-0.05, 0) is 19.1 Å². The molecule has 1 unspecified atom stereocenters. The van der Waals surface area contributed by atoms with E-state index in [2.05, 4.69) is 15.1 Å². The van der Waals surface area contributed by atoms with Gasteiger partial charge in [0.15, 0.2) is 6.10 Å². The first kappa shape index (κ1) is 12.3. The van der Waals surface area contributed by atoms with Crippen LogP contribution in [0.25, 0.3) is 11.4 Å². The molecule has 0 aliphatic carbocycles. The maximum atomic E-state index is 10.6. The number of nitrogens with zero attached hydrogens (tertiary/aromatic N) is 3. The van der Waals surface area contributed by atoms with E-state index in [1.165, 1.54) is 6.20 Å². The van der Waals surface area contributed by atoms with Crippen LogP contribution >= 0.6 is 11.6 Å². The van der Waals surface area contributed by atoms with Gasteiger partial charge in [0.05, 0.1) is 0 Å². The van der Waals surface area contributed by atoms with Crippen LogP contribution in [-0.2, 0) is 4.74 Å². The van der Waals surface area contributed by atoms with E-state index >= 15 is 0 Å². The molecule has 0 spiro atoms. The van der Waals surface area contributed by atoms with Crippen LogP contribution in [0.15, 0.2) is 22.9 Å². The summed E-state index contributed by atoms with van der Waals surface area (Å²) in [5, 5.41) is 4.07. The molecule has 2 aromatic rings. The zero-order valence-corrected chi connectivity index (χ0v) is 10.1. The monoisotopic (exact) mass is 268 g/mol. The third-order valence-corrected chi connectivity index (χ3v) is 2.27. The Kier molecular flexibility index (Phi) is 3.42. The first-order chi connectivity index (χ1) is 8.56. The van der Waals surface area contributed by atoms with E-state index in [1.54, 1.807) is 19.1 Å². The van der Waals surface area contributed by atoms with Crippen molar-refractivity contribution in [3.8, 4) is 11.4 Å². The van der Waals surface area contributed by atoms with Gasteiger partial charge < -0.3 is 15.0 Å². The maximum absolute atomic E-state index is 10.6. The lowest BCUT2D eigenvalue weighted by molar-refractivity contribution is 0.0959. The highest BCUT2D eigenvalue weighted by atomic mass is 35.5. The number of carbonyl (C=O) groups is 1. The molecule has 94 valence electrons. The predicted molar refractivity (Wildman–Crippen MR) is 61.6 cm³/mol. The van der Waals surface area contributed by atoms with E-state index in [9.17, 15) is 4.79 Å². The number of hydrogen-bond donors (Lipinski definition) is 1. The molecule has 1 atom stereocenters. The van der Waals surface area contributed by atoms with Gasteiger partial charge >= 0.3 is 6.09 Å². The highest BCUT2D eigenvalue weighted by Gasteiger charge is 2.18. The topological polar surface area (TPSA) is 104 Å². The second kappa shape index (κ2) is 5.01. The first-order valence-corrected chi connectivity index (χ1v) is 5.35. The fraction of sp³-hybridized carbons (Fsp3) is 0.200. The van der Waals surface area contributed by atoms with Crippen molar-refractivity contribution < 1.29 is 14.1 Å². The van der Waals surface area contributed by atoms with E-state index in [-0.39, 0.29) is 5.89 Å². The molecular weight excluding hydrogens is 260 g/mol. The molecule has 18 heavy (non-hydrogen) atoms.